The number of nitriles is 1. The molecule has 184 valence electrons. The first-order valence-electron chi connectivity index (χ1n) is 11.8. The normalized spacial score (nSPS) is 18.1. The number of hydrogen-bond donors (Lipinski definition) is 0. The summed E-state index contributed by atoms with van der Waals surface area (Å²) < 4.78 is 40.9. The van der Waals surface area contributed by atoms with Crippen molar-refractivity contribution in [2.45, 2.75) is 44.9 Å². The summed E-state index contributed by atoms with van der Waals surface area (Å²) in [7, 11) is 0. The van der Waals surface area contributed by atoms with Gasteiger partial charge in [0, 0.05) is 49.5 Å². The summed E-state index contributed by atoms with van der Waals surface area (Å²) in [5.74, 6) is 1.50. The number of anilines is 2. The molecular formula is C26H29F3N6. The summed E-state index contributed by atoms with van der Waals surface area (Å²) in [6.07, 6.45) is -1.21. The van der Waals surface area contributed by atoms with E-state index in [0.29, 0.717) is 57.8 Å². The first kappa shape index (κ1) is 24.6. The predicted octanol–water partition coefficient (Wildman–Crippen LogP) is 4.72. The van der Waals surface area contributed by atoms with E-state index >= 15 is 0 Å². The molecule has 0 radical (unpaired) electrons. The molecule has 1 aromatic heterocycles. The molecule has 6 nitrogen and oxygen atoms in total. The molecule has 1 fully saturated rings. The summed E-state index contributed by atoms with van der Waals surface area (Å²) in [5.41, 5.74) is 2.09. The Hall–Kier alpha value is -3.54. The number of fused-ring (bicyclic) bond motifs is 1. The number of allylic oxidation sites excluding steroid dienone is 1. The summed E-state index contributed by atoms with van der Waals surface area (Å²) in [5, 5.41) is 9.38. The van der Waals surface area contributed by atoms with Gasteiger partial charge in [0.1, 0.15) is 11.6 Å². The molecule has 1 atom stereocenters. The number of benzene rings is 1. The van der Waals surface area contributed by atoms with Crippen LogP contribution in [0.3, 0.4) is 0 Å². The minimum atomic E-state index is -4.42. The number of rotatable bonds is 6. The van der Waals surface area contributed by atoms with Gasteiger partial charge in [-0.15, -0.1) is 0 Å². The molecule has 0 N–H and O–H groups in total. The highest BCUT2D eigenvalue weighted by Gasteiger charge is 2.36. The van der Waals surface area contributed by atoms with Crippen LogP contribution >= 0.6 is 0 Å². The number of aryl methyl sites for hydroxylation is 1. The summed E-state index contributed by atoms with van der Waals surface area (Å²) in [6.45, 7) is 12.5. The van der Waals surface area contributed by atoms with E-state index in [0.717, 1.165) is 28.8 Å². The number of piperazine rings is 1. The molecule has 3 heterocycles. The van der Waals surface area contributed by atoms with E-state index in [9.17, 15) is 18.4 Å². The van der Waals surface area contributed by atoms with Gasteiger partial charge in [-0.25, -0.2) is 9.97 Å². The maximum atomic E-state index is 13.6. The Balaban J connectivity index is 1.66. The van der Waals surface area contributed by atoms with Crippen LogP contribution in [0.25, 0.3) is 0 Å². The van der Waals surface area contributed by atoms with Gasteiger partial charge in [-0.1, -0.05) is 32.2 Å². The maximum Gasteiger partial charge on any atom is 0.418 e. The summed E-state index contributed by atoms with van der Waals surface area (Å²) in [4.78, 5) is 15.6. The van der Waals surface area contributed by atoms with Crippen LogP contribution in [-0.4, -0.2) is 47.1 Å². The van der Waals surface area contributed by atoms with Crippen molar-refractivity contribution >= 4 is 11.5 Å². The average Bonchev–Trinajstić information content (AvgIpc) is 2.86. The fourth-order valence-corrected chi connectivity index (χ4v) is 4.90. The lowest BCUT2D eigenvalue weighted by Gasteiger charge is -2.44. The van der Waals surface area contributed by atoms with Gasteiger partial charge in [0.2, 0.25) is 0 Å². The van der Waals surface area contributed by atoms with Gasteiger partial charge < -0.3 is 14.7 Å². The van der Waals surface area contributed by atoms with Crippen molar-refractivity contribution in [3.63, 3.8) is 0 Å². The van der Waals surface area contributed by atoms with Crippen LogP contribution in [0.15, 0.2) is 49.2 Å². The Morgan fingerprint density at radius 2 is 1.97 bits per heavy atom. The Labute approximate surface area is 204 Å². The van der Waals surface area contributed by atoms with Crippen LogP contribution in [-0.2, 0) is 25.6 Å². The van der Waals surface area contributed by atoms with E-state index in [2.05, 4.69) is 29.0 Å². The molecular weight excluding hydrogens is 453 g/mol. The highest BCUT2D eigenvalue weighted by Crippen LogP contribution is 2.39. The molecule has 0 bridgehead atoms. The SMILES string of the molecule is C=CC(=C)N1CCN(c2nc(CC)nc3c2CCN(c2ccccc2C(F)(F)F)C3)CC1CC#N. The Morgan fingerprint density at radius 3 is 2.66 bits per heavy atom. The molecule has 0 saturated carbocycles. The van der Waals surface area contributed by atoms with E-state index in [1.54, 1.807) is 17.0 Å². The number of alkyl halides is 3. The van der Waals surface area contributed by atoms with Crippen molar-refractivity contribution in [2.24, 2.45) is 0 Å². The van der Waals surface area contributed by atoms with E-state index in [1.165, 1.54) is 12.1 Å². The quantitative estimate of drug-likeness (QED) is 0.555. The van der Waals surface area contributed by atoms with Crippen molar-refractivity contribution in [1.29, 1.82) is 5.26 Å². The number of hydrogen-bond acceptors (Lipinski definition) is 6. The molecule has 2 aliphatic rings. The van der Waals surface area contributed by atoms with E-state index in [1.807, 2.05) is 6.92 Å². The van der Waals surface area contributed by atoms with Crippen LogP contribution in [0, 0.1) is 11.3 Å². The zero-order valence-electron chi connectivity index (χ0n) is 19.9. The molecule has 1 unspecified atom stereocenters. The molecule has 9 heteroatoms. The van der Waals surface area contributed by atoms with Gasteiger partial charge >= 0.3 is 6.18 Å². The minimum absolute atomic E-state index is 0.0475. The van der Waals surface area contributed by atoms with Crippen LogP contribution in [0.1, 0.15) is 36.0 Å². The van der Waals surface area contributed by atoms with E-state index in [-0.39, 0.29) is 11.7 Å². The van der Waals surface area contributed by atoms with Crippen molar-refractivity contribution < 1.29 is 13.2 Å². The van der Waals surface area contributed by atoms with Crippen LogP contribution < -0.4 is 9.80 Å². The van der Waals surface area contributed by atoms with Gasteiger partial charge in [-0.2, -0.15) is 18.4 Å². The monoisotopic (exact) mass is 482 g/mol. The topological polar surface area (TPSA) is 59.3 Å². The first-order valence-corrected chi connectivity index (χ1v) is 11.8. The molecule has 1 saturated heterocycles. The molecule has 35 heavy (non-hydrogen) atoms. The zero-order chi connectivity index (χ0) is 25.2. The third-order valence-electron chi connectivity index (χ3n) is 6.67. The Kier molecular flexibility index (Phi) is 7.01. The third-order valence-corrected chi connectivity index (χ3v) is 6.67. The van der Waals surface area contributed by atoms with Gasteiger partial charge in [0.05, 0.1) is 36.3 Å². The van der Waals surface area contributed by atoms with Crippen molar-refractivity contribution in [1.82, 2.24) is 14.9 Å². The first-order chi connectivity index (χ1) is 16.8. The standard InChI is InChI=1S/C26H29F3N6/c1-4-18(3)35-15-14-34(16-19(35)10-12-30)25-20-11-13-33(17-22(20)31-24(5-2)32-25)23-9-7-6-8-21(23)26(27,28)29/h4,6-9,19H,1,3,5,10-11,13-17H2,2H3. The molecule has 0 aliphatic carbocycles. The van der Waals surface area contributed by atoms with E-state index in [4.69, 9.17) is 9.97 Å². The van der Waals surface area contributed by atoms with Crippen molar-refractivity contribution in [3.05, 3.63) is 71.8 Å². The minimum Gasteiger partial charge on any atom is -0.365 e. The van der Waals surface area contributed by atoms with Crippen LogP contribution in [0.2, 0.25) is 0 Å². The predicted molar refractivity (Wildman–Crippen MR) is 130 cm³/mol. The third kappa shape index (κ3) is 4.97. The number of para-hydroxylation sites is 1. The van der Waals surface area contributed by atoms with Gasteiger partial charge in [-0.3, -0.25) is 0 Å². The fraction of sp³-hybridized carbons (Fsp3) is 0.423. The molecule has 2 aromatic rings. The number of nitrogens with zero attached hydrogens (tertiary/aromatic N) is 6. The summed E-state index contributed by atoms with van der Waals surface area (Å²) in [6, 6.07) is 7.92. The van der Waals surface area contributed by atoms with E-state index < -0.39 is 11.7 Å². The van der Waals surface area contributed by atoms with Crippen LogP contribution in [0.5, 0.6) is 0 Å². The zero-order valence-corrected chi connectivity index (χ0v) is 19.9. The Bertz CT molecular complexity index is 1150. The van der Waals surface area contributed by atoms with Gasteiger partial charge in [0.15, 0.2) is 0 Å². The van der Waals surface area contributed by atoms with Gasteiger partial charge in [0.25, 0.3) is 0 Å². The molecule has 0 spiro atoms. The lowest BCUT2D eigenvalue weighted by Crippen LogP contribution is -2.53. The van der Waals surface area contributed by atoms with Crippen molar-refractivity contribution in [2.75, 3.05) is 36.0 Å². The van der Waals surface area contributed by atoms with Crippen LogP contribution in [0.4, 0.5) is 24.7 Å². The van der Waals surface area contributed by atoms with Gasteiger partial charge in [-0.05, 0) is 24.6 Å². The number of halogens is 3. The highest BCUT2D eigenvalue weighted by molar-refractivity contribution is 5.59. The Morgan fingerprint density at radius 1 is 1.20 bits per heavy atom. The smallest absolute Gasteiger partial charge is 0.365 e. The lowest BCUT2D eigenvalue weighted by atomic mass is 10.0. The van der Waals surface area contributed by atoms with Crippen molar-refractivity contribution in [3.8, 4) is 6.07 Å². The number of aromatic nitrogens is 2. The second-order valence-electron chi connectivity index (χ2n) is 8.78. The molecule has 2 aliphatic heterocycles. The molecule has 0 amide bonds. The maximum absolute atomic E-state index is 13.6. The fourth-order valence-electron chi connectivity index (χ4n) is 4.90. The molecule has 1 aromatic carbocycles. The average molecular weight is 483 g/mol. The molecule has 4 rings (SSSR count). The summed E-state index contributed by atoms with van der Waals surface area (Å²) >= 11 is 0. The highest BCUT2D eigenvalue weighted by atomic mass is 19.4. The lowest BCUT2D eigenvalue weighted by molar-refractivity contribution is -0.137. The second kappa shape index (κ2) is 9.98. The second-order valence-corrected chi connectivity index (χ2v) is 8.78. The largest absolute Gasteiger partial charge is 0.418 e.